The van der Waals surface area contributed by atoms with Crippen LogP contribution in [0.5, 0.6) is 0 Å². The number of hydrogen-bond donors (Lipinski definition) is 2. The summed E-state index contributed by atoms with van der Waals surface area (Å²) in [6, 6.07) is 13.7. The van der Waals surface area contributed by atoms with Gasteiger partial charge in [0, 0.05) is 17.8 Å². The van der Waals surface area contributed by atoms with Crippen molar-refractivity contribution in [1.29, 1.82) is 5.26 Å². The van der Waals surface area contributed by atoms with E-state index in [4.69, 9.17) is 5.26 Å². The van der Waals surface area contributed by atoms with Gasteiger partial charge in [-0.15, -0.1) is 0 Å². The maximum absolute atomic E-state index is 13.7. The van der Waals surface area contributed by atoms with Crippen molar-refractivity contribution in [2.75, 3.05) is 10.6 Å². The number of nitriles is 1. The molecule has 0 saturated heterocycles. The highest BCUT2D eigenvalue weighted by Gasteiger charge is 2.06. The van der Waals surface area contributed by atoms with Crippen molar-refractivity contribution in [3.05, 3.63) is 72.1 Å². The average molecular weight is 323 g/mol. The molecule has 3 rings (SSSR count). The summed E-state index contributed by atoms with van der Waals surface area (Å²) < 4.78 is 26.6. The molecule has 0 aliphatic heterocycles. The SMILES string of the molecule is N#Cc1ccc(Nc2cc(Nc3ccc(F)cc3F)ncn2)cc1. The molecule has 0 saturated carbocycles. The van der Waals surface area contributed by atoms with Crippen molar-refractivity contribution in [3.63, 3.8) is 0 Å². The van der Waals surface area contributed by atoms with Gasteiger partial charge in [0.2, 0.25) is 0 Å². The van der Waals surface area contributed by atoms with Gasteiger partial charge in [-0.3, -0.25) is 0 Å². The molecule has 0 amide bonds. The molecule has 2 aromatic carbocycles. The van der Waals surface area contributed by atoms with Crippen molar-refractivity contribution >= 4 is 23.0 Å². The second kappa shape index (κ2) is 6.71. The molecule has 0 bridgehead atoms. The first-order valence-electron chi connectivity index (χ1n) is 6.95. The highest BCUT2D eigenvalue weighted by molar-refractivity contribution is 5.63. The average Bonchev–Trinajstić information content (AvgIpc) is 2.58. The molecule has 0 radical (unpaired) electrons. The molecule has 3 aromatic rings. The van der Waals surface area contributed by atoms with E-state index in [1.165, 1.54) is 12.4 Å². The van der Waals surface area contributed by atoms with E-state index < -0.39 is 11.6 Å². The molecule has 0 atom stereocenters. The van der Waals surface area contributed by atoms with Gasteiger partial charge in [0.25, 0.3) is 0 Å². The number of rotatable bonds is 4. The smallest absolute Gasteiger partial charge is 0.149 e. The number of halogens is 2. The minimum atomic E-state index is -0.713. The van der Waals surface area contributed by atoms with E-state index in [2.05, 4.69) is 20.6 Å². The summed E-state index contributed by atoms with van der Waals surface area (Å²) in [4.78, 5) is 8.08. The molecular weight excluding hydrogens is 312 g/mol. The van der Waals surface area contributed by atoms with Crippen LogP contribution in [0.3, 0.4) is 0 Å². The van der Waals surface area contributed by atoms with Crippen molar-refractivity contribution in [3.8, 4) is 6.07 Å². The quantitative estimate of drug-likeness (QED) is 0.756. The van der Waals surface area contributed by atoms with Crippen molar-refractivity contribution in [1.82, 2.24) is 9.97 Å². The van der Waals surface area contributed by atoms with Gasteiger partial charge in [0.05, 0.1) is 17.3 Å². The van der Waals surface area contributed by atoms with Gasteiger partial charge in [-0.25, -0.2) is 18.7 Å². The van der Waals surface area contributed by atoms with Crippen LogP contribution in [0.25, 0.3) is 0 Å². The molecule has 7 heteroatoms. The third kappa shape index (κ3) is 3.62. The van der Waals surface area contributed by atoms with E-state index >= 15 is 0 Å². The minimum absolute atomic E-state index is 0.111. The first-order valence-corrected chi connectivity index (χ1v) is 6.95. The van der Waals surface area contributed by atoms with Gasteiger partial charge in [-0.2, -0.15) is 5.26 Å². The van der Waals surface area contributed by atoms with Crippen molar-refractivity contribution < 1.29 is 8.78 Å². The lowest BCUT2D eigenvalue weighted by Gasteiger charge is -2.09. The van der Waals surface area contributed by atoms with Crippen LogP contribution < -0.4 is 10.6 Å². The highest BCUT2D eigenvalue weighted by atomic mass is 19.1. The fourth-order valence-corrected chi connectivity index (χ4v) is 2.00. The maximum Gasteiger partial charge on any atom is 0.149 e. The van der Waals surface area contributed by atoms with Gasteiger partial charge in [-0.05, 0) is 36.4 Å². The van der Waals surface area contributed by atoms with Crippen LogP contribution in [-0.2, 0) is 0 Å². The Hall–Kier alpha value is -3.53. The van der Waals surface area contributed by atoms with Crippen LogP contribution >= 0.6 is 0 Å². The van der Waals surface area contributed by atoms with E-state index in [1.54, 1.807) is 30.3 Å². The molecule has 2 N–H and O–H groups in total. The third-order valence-electron chi connectivity index (χ3n) is 3.15. The zero-order valence-electron chi connectivity index (χ0n) is 12.3. The summed E-state index contributed by atoms with van der Waals surface area (Å²) in [5, 5.41) is 14.6. The van der Waals surface area contributed by atoms with E-state index in [-0.39, 0.29) is 5.69 Å². The number of nitrogens with one attached hydrogen (secondary N) is 2. The van der Waals surface area contributed by atoms with Gasteiger partial charge in [0.15, 0.2) is 0 Å². The lowest BCUT2D eigenvalue weighted by atomic mass is 10.2. The highest BCUT2D eigenvalue weighted by Crippen LogP contribution is 2.22. The normalized spacial score (nSPS) is 10.0. The Morgan fingerprint density at radius 1 is 0.875 bits per heavy atom. The second-order valence-electron chi connectivity index (χ2n) is 4.85. The van der Waals surface area contributed by atoms with Crippen LogP contribution in [0.1, 0.15) is 5.56 Å². The molecule has 1 heterocycles. The number of hydrogen-bond acceptors (Lipinski definition) is 5. The Labute approximate surface area is 136 Å². The molecule has 0 unspecified atom stereocenters. The summed E-state index contributed by atoms with van der Waals surface area (Å²) in [6.07, 6.45) is 1.32. The number of benzene rings is 2. The fraction of sp³-hybridized carbons (Fsp3) is 0. The minimum Gasteiger partial charge on any atom is -0.340 e. The van der Waals surface area contributed by atoms with E-state index in [9.17, 15) is 8.78 Å². The molecule has 118 valence electrons. The van der Waals surface area contributed by atoms with Crippen LogP contribution in [0, 0.1) is 23.0 Å². The summed E-state index contributed by atoms with van der Waals surface area (Å²) in [6.45, 7) is 0. The first kappa shape index (κ1) is 15.4. The van der Waals surface area contributed by atoms with Gasteiger partial charge >= 0.3 is 0 Å². The van der Waals surface area contributed by atoms with Gasteiger partial charge in [-0.1, -0.05) is 0 Å². The largest absolute Gasteiger partial charge is 0.340 e. The Kier molecular flexibility index (Phi) is 4.29. The first-order chi connectivity index (χ1) is 11.6. The van der Waals surface area contributed by atoms with Crippen LogP contribution in [0.2, 0.25) is 0 Å². The van der Waals surface area contributed by atoms with E-state index in [0.717, 1.165) is 17.8 Å². The van der Waals surface area contributed by atoms with Crippen molar-refractivity contribution in [2.45, 2.75) is 0 Å². The number of nitrogens with zero attached hydrogens (tertiary/aromatic N) is 3. The lowest BCUT2D eigenvalue weighted by Crippen LogP contribution is -2.00. The topological polar surface area (TPSA) is 73.6 Å². The van der Waals surface area contributed by atoms with E-state index in [1.807, 2.05) is 6.07 Å². The Balaban J connectivity index is 1.77. The zero-order valence-corrected chi connectivity index (χ0v) is 12.3. The maximum atomic E-state index is 13.7. The monoisotopic (exact) mass is 323 g/mol. The summed E-state index contributed by atoms with van der Waals surface area (Å²) in [5.41, 5.74) is 1.41. The lowest BCUT2D eigenvalue weighted by molar-refractivity contribution is 0.586. The number of anilines is 4. The zero-order chi connectivity index (χ0) is 16.9. The van der Waals surface area contributed by atoms with Crippen LogP contribution in [0.4, 0.5) is 31.8 Å². The Morgan fingerprint density at radius 3 is 2.25 bits per heavy atom. The summed E-state index contributed by atoms with van der Waals surface area (Å²) in [5.74, 6) is -0.523. The third-order valence-corrected chi connectivity index (χ3v) is 3.15. The predicted molar refractivity (Wildman–Crippen MR) is 86.1 cm³/mol. The van der Waals surface area contributed by atoms with Gasteiger partial charge in [0.1, 0.15) is 29.6 Å². The van der Waals surface area contributed by atoms with Crippen LogP contribution in [0.15, 0.2) is 54.9 Å². The standard InChI is InChI=1S/C17H11F2N5/c18-12-3-6-15(14(19)7-12)24-17-8-16(21-10-22-17)23-13-4-1-11(9-20)2-5-13/h1-8,10H,(H2,21,22,23,24). The van der Waals surface area contributed by atoms with Crippen molar-refractivity contribution in [2.24, 2.45) is 0 Å². The predicted octanol–water partition coefficient (Wildman–Crippen LogP) is 4.11. The molecule has 0 aliphatic carbocycles. The Bertz CT molecular complexity index is 904. The molecule has 24 heavy (non-hydrogen) atoms. The molecule has 5 nitrogen and oxygen atoms in total. The van der Waals surface area contributed by atoms with E-state index in [0.29, 0.717) is 17.2 Å². The molecule has 1 aromatic heterocycles. The summed E-state index contributed by atoms with van der Waals surface area (Å²) in [7, 11) is 0. The van der Waals surface area contributed by atoms with Crippen LogP contribution in [-0.4, -0.2) is 9.97 Å². The molecule has 0 fully saturated rings. The molecule has 0 aliphatic rings. The number of aromatic nitrogens is 2. The second-order valence-corrected chi connectivity index (χ2v) is 4.85. The molecular formula is C17H11F2N5. The van der Waals surface area contributed by atoms with Gasteiger partial charge < -0.3 is 10.6 Å². The Morgan fingerprint density at radius 2 is 1.58 bits per heavy atom. The molecule has 0 spiro atoms. The fourth-order valence-electron chi connectivity index (χ4n) is 2.00. The summed E-state index contributed by atoms with van der Waals surface area (Å²) >= 11 is 0.